The van der Waals surface area contributed by atoms with Crippen LogP contribution in [0.2, 0.25) is 0 Å². The standard InChI is InChI=1S/C14H21N3O/c1-5-6-10(2)16-13-8-7-11(9-12(13)15)14(18)17(3)4/h5,7-10,16H,1,6,15H2,2-4H3. The van der Waals surface area contributed by atoms with Crippen LogP contribution in [0.15, 0.2) is 30.9 Å². The van der Waals surface area contributed by atoms with Crippen molar-refractivity contribution in [2.75, 3.05) is 25.1 Å². The Labute approximate surface area is 108 Å². The highest BCUT2D eigenvalue weighted by atomic mass is 16.2. The first-order valence-corrected chi connectivity index (χ1v) is 5.94. The fourth-order valence-electron chi connectivity index (χ4n) is 1.66. The summed E-state index contributed by atoms with van der Waals surface area (Å²) in [5, 5.41) is 3.29. The number of rotatable bonds is 5. The van der Waals surface area contributed by atoms with Crippen LogP contribution in [0.25, 0.3) is 0 Å². The topological polar surface area (TPSA) is 58.4 Å². The number of carbonyl (C=O) groups excluding carboxylic acids is 1. The van der Waals surface area contributed by atoms with Gasteiger partial charge < -0.3 is 16.0 Å². The molecule has 0 bridgehead atoms. The Morgan fingerprint density at radius 3 is 2.72 bits per heavy atom. The van der Waals surface area contributed by atoms with Gasteiger partial charge in [0.25, 0.3) is 5.91 Å². The maximum atomic E-state index is 11.8. The Kier molecular flexibility index (Phi) is 4.77. The lowest BCUT2D eigenvalue weighted by molar-refractivity contribution is 0.0827. The number of carbonyl (C=O) groups is 1. The second-order valence-corrected chi connectivity index (χ2v) is 4.57. The molecule has 0 saturated heterocycles. The van der Waals surface area contributed by atoms with Crippen molar-refractivity contribution < 1.29 is 4.79 Å². The minimum atomic E-state index is -0.0487. The molecule has 98 valence electrons. The number of amides is 1. The maximum absolute atomic E-state index is 11.8. The largest absolute Gasteiger partial charge is 0.397 e. The normalized spacial score (nSPS) is 11.7. The lowest BCUT2D eigenvalue weighted by Gasteiger charge is -2.16. The van der Waals surface area contributed by atoms with E-state index in [2.05, 4.69) is 18.8 Å². The molecule has 1 rings (SSSR count). The average molecular weight is 247 g/mol. The van der Waals surface area contributed by atoms with Crippen LogP contribution in [0.5, 0.6) is 0 Å². The minimum absolute atomic E-state index is 0.0487. The Morgan fingerprint density at radius 1 is 1.56 bits per heavy atom. The average Bonchev–Trinajstić information content (AvgIpc) is 2.31. The summed E-state index contributed by atoms with van der Waals surface area (Å²) >= 11 is 0. The molecule has 0 aliphatic rings. The van der Waals surface area contributed by atoms with Gasteiger partial charge in [-0.2, -0.15) is 0 Å². The Bertz CT molecular complexity index is 441. The highest BCUT2D eigenvalue weighted by Gasteiger charge is 2.10. The van der Waals surface area contributed by atoms with Crippen LogP contribution in [0.1, 0.15) is 23.7 Å². The van der Waals surface area contributed by atoms with Crippen LogP contribution >= 0.6 is 0 Å². The summed E-state index contributed by atoms with van der Waals surface area (Å²) in [5.74, 6) is -0.0487. The van der Waals surface area contributed by atoms with E-state index < -0.39 is 0 Å². The van der Waals surface area contributed by atoms with Gasteiger partial charge in [0.05, 0.1) is 11.4 Å². The van der Waals surface area contributed by atoms with Crippen LogP contribution in [0.3, 0.4) is 0 Å². The fourth-order valence-corrected chi connectivity index (χ4v) is 1.66. The van der Waals surface area contributed by atoms with E-state index in [1.54, 1.807) is 26.2 Å². The highest BCUT2D eigenvalue weighted by molar-refractivity contribution is 5.95. The van der Waals surface area contributed by atoms with Gasteiger partial charge in [-0.25, -0.2) is 0 Å². The smallest absolute Gasteiger partial charge is 0.253 e. The summed E-state index contributed by atoms with van der Waals surface area (Å²) in [4.78, 5) is 13.3. The van der Waals surface area contributed by atoms with Crippen molar-refractivity contribution in [3.63, 3.8) is 0 Å². The lowest BCUT2D eigenvalue weighted by Crippen LogP contribution is -2.22. The second kappa shape index (κ2) is 6.10. The zero-order chi connectivity index (χ0) is 13.7. The summed E-state index contributed by atoms with van der Waals surface area (Å²) < 4.78 is 0. The molecule has 0 spiro atoms. The van der Waals surface area contributed by atoms with Gasteiger partial charge in [0, 0.05) is 25.7 Å². The van der Waals surface area contributed by atoms with E-state index in [1.807, 2.05) is 12.1 Å². The number of nitrogen functional groups attached to an aromatic ring is 1. The molecule has 1 amide bonds. The van der Waals surface area contributed by atoms with E-state index in [9.17, 15) is 4.79 Å². The minimum Gasteiger partial charge on any atom is -0.397 e. The van der Waals surface area contributed by atoms with Gasteiger partial charge in [0.1, 0.15) is 0 Å². The van der Waals surface area contributed by atoms with Gasteiger partial charge in [-0.3, -0.25) is 4.79 Å². The monoisotopic (exact) mass is 247 g/mol. The molecule has 0 aromatic heterocycles. The van der Waals surface area contributed by atoms with E-state index in [0.29, 0.717) is 11.3 Å². The molecule has 1 atom stereocenters. The zero-order valence-electron chi connectivity index (χ0n) is 11.2. The number of hydrogen-bond acceptors (Lipinski definition) is 3. The van der Waals surface area contributed by atoms with Crippen LogP contribution in [-0.2, 0) is 0 Å². The summed E-state index contributed by atoms with van der Waals surface area (Å²) in [6.07, 6.45) is 2.72. The van der Waals surface area contributed by atoms with Gasteiger partial charge >= 0.3 is 0 Å². The molecule has 1 aromatic rings. The Hall–Kier alpha value is -1.97. The van der Waals surface area contributed by atoms with Crippen LogP contribution in [0, 0.1) is 0 Å². The van der Waals surface area contributed by atoms with E-state index in [-0.39, 0.29) is 11.9 Å². The molecule has 1 aromatic carbocycles. The third-order valence-corrected chi connectivity index (χ3v) is 2.63. The summed E-state index contributed by atoms with van der Waals surface area (Å²) in [7, 11) is 3.44. The Balaban J connectivity index is 2.86. The number of nitrogens with two attached hydrogens (primary N) is 1. The van der Waals surface area contributed by atoms with Crippen LogP contribution < -0.4 is 11.1 Å². The number of nitrogens with one attached hydrogen (secondary N) is 1. The van der Waals surface area contributed by atoms with Crippen LogP contribution in [-0.4, -0.2) is 30.9 Å². The molecule has 3 N–H and O–H groups in total. The van der Waals surface area contributed by atoms with Gasteiger partial charge in [0.2, 0.25) is 0 Å². The molecule has 4 nitrogen and oxygen atoms in total. The molecule has 0 heterocycles. The summed E-state index contributed by atoms with van der Waals surface area (Å²) in [5.41, 5.74) is 7.97. The predicted molar refractivity (Wildman–Crippen MR) is 76.8 cm³/mol. The zero-order valence-corrected chi connectivity index (χ0v) is 11.2. The van der Waals surface area contributed by atoms with E-state index in [0.717, 1.165) is 12.1 Å². The molecule has 0 fully saturated rings. The second-order valence-electron chi connectivity index (χ2n) is 4.57. The third kappa shape index (κ3) is 3.52. The molecule has 0 radical (unpaired) electrons. The van der Waals surface area contributed by atoms with Gasteiger partial charge in [-0.1, -0.05) is 6.08 Å². The number of benzene rings is 1. The van der Waals surface area contributed by atoms with Gasteiger partial charge in [-0.05, 0) is 31.5 Å². The van der Waals surface area contributed by atoms with Crippen molar-refractivity contribution in [1.82, 2.24) is 4.90 Å². The van der Waals surface area contributed by atoms with E-state index in [1.165, 1.54) is 4.90 Å². The number of hydrogen-bond donors (Lipinski definition) is 2. The first kappa shape index (κ1) is 14.1. The third-order valence-electron chi connectivity index (χ3n) is 2.63. The molecule has 1 unspecified atom stereocenters. The van der Waals surface area contributed by atoms with E-state index >= 15 is 0 Å². The van der Waals surface area contributed by atoms with Gasteiger partial charge in [0.15, 0.2) is 0 Å². The number of anilines is 2. The molecule has 4 heteroatoms. The predicted octanol–water partition coefficient (Wildman–Crippen LogP) is 2.35. The maximum Gasteiger partial charge on any atom is 0.253 e. The molecular formula is C14H21N3O. The van der Waals surface area contributed by atoms with Crippen molar-refractivity contribution in [3.05, 3.63) is 36.4 Å². The Morgan fingerprint density at radius 2 is 2.22 bits per heavy atom. The number of nitrogens with zero attached hydrogens (tertiary/aromatic N) is 1. The molecule has 18 heavy (non-hydrogen) atoms. The fraction of sp³-hybridized carbons (Fsp3) is 0.357. The first-order valence-electron chi connectivity index (χ1n) is 5.94. The van der Waals surface area contributed by atoms with E-state index in [4.69, 9.17) is 5.73 Å². The molecular weight excluding hydrogens is 226 g/mol. The summed E-state index contributed by atoms with van der Waals surface area (Å²) in [6, 6.07) is 5.58. The highest BCUT2D eigenvalue weighted by Crippen LogP contribution is 2.21. The van der Waals surface area contributed by atoms with Crippen molar-refractivity contribution in [2.45, 2.75) is 19.4 Å². The van der Waals surface area contributed by atoms with Gasteiger partial charge in [-0.15, -0.1) is 6.58 Å². The van der Waals surface area contributed by atoms with Crippen molar-refractivity contribution >= 4 is 17.3 Å². The van der Waals surface area contributed by atoms with Crippen molar-refractivity contribution in [1.29, 1.82) is 0 Å². The lowest BCUT2D eigenvalue weighted by atomic mass is 10.1. The quantitative estimate of drug-likeness (QED) is 0.620. The first-order chi connectivity index (χ1) is 8.45. The molecule has 0 aliphatic heterocycles. The van der Waals surface area contributed by atoms with Crippen molar-refractivity contribution in [3.8, 4) is 0 Å². The van der Waals surface area contributed by atoms with Crippen LogP contribution in [0.4, 0.5) is 11.4 Å². The van der Waals surface area contributed by atoms with Crippen molar-refractivity contribution in [2.24, 2.45) is 0 Å². The SMILES string of the molecule is C=CCC(C)Nc1ccc(C(=O)N(C)C)cc1N. The summed E-state index contributed by atoms with van der Waals surface area (Å²) in [6.45, 7) is 5.76. The molecule has 0 aliphatic carbocycles. The molecule has 0 saturated carbocycles.